The lowest BCUT2D eigenvalue weighted by Gasteiger charge is -2.23. The fraction of sp³-hybridized carbons (Fsp3) is 0.208. The first-order valence-electron chi connectivity index (χ1n) is 10.7. The third-order valence-corrected chi connectivity index (χ3v) is 5.58. The van der Waals surface area contributed by atoms with E-state index in [4.69, 9.17) is 16.3 Å². The summed E-state index contributed by atoms with van der Waals surface area (Å²) in [5, 5.41) is 7.62. The summed E-state index contributed by atoms with van der Waals surface area (Å²) in [7, 11) is 0. The molecule has 1 aromatic heterocycles. The molecular weight excluding hydrogens is 526 g/mol. The molecule has 1 aliphatic heterocycles. The highest BCUT2D eigenvalue weighted by molar-refractivity contribution is 6.33. The molecule has 2 heterocycles. The Balaban J connectivity index is 1.35. The molecule has 0 saturated heterocycles. The first kappa shape index (κ1) is 26.3. The third-order valence-electron chi connectivity index (χ3n) is 5.31. The van der Waals surface area contributed by atoms with Crippen LogP contribution in [0.25, 0.3) is 0 Å². The van der Waals surface area contributed by atoms with E-state index in [0.717, 1.165) is 18.2 Å². The van der Waals surface area contributed by atoms with Crippen molar-refractivity contribution < 1.29 is 35.9 Å². The quantitative estimate of drug-likeness (QED) is 0.364. The van der Waals surface area contributed by atoms with E-state index in [1.165, 1.54) is 23.4 Å². The van der Waals surface area contributed by atoms with Gasteiger partial charge in [0.25, 0.3) is 0 Å². The number of halogens is 7. The van der Waals surface area contributed by atoms with Crippen molar-refractivity contribution >= 4 is 29.5 Å². The Morgan fingerprint density at radius 2 is 1.57 bits per heavy atom. The largest absolute Gasteiger partial charge is 0.457 e. The zero-order valence-electron chi connectivity index (χ0n) is 18.6. The van der Waals surface area contributed by atoms with Crippen LogP contribution in [-0.4, -0.2) is 23.1 Å². The normalized spacial score (nSPS) is 15.6. The van der Waals surface area contributed by atoms with E-state index < -0.39 is 35.4 Å². The molecule has 1 unspecified atom stereocenters. The van der Waals surface area contributed by atoms with E-state index in [0.29, 0.717) is 17.5 Å². The fourth-order valence-electron chi connectivity index (χ4n) is 3.42. The van der Waals surface area contributed by atoms with Gasteiger partial charge in [0.15, 0.2) is 5.82 Å². The predicted molar refractivity (Wildman–Crippen MR) is 123 cm³/mol. The van der Waals surface area contributed by atoms with E-state index in [9.17, 15) is 31.1 Å². The summed E-state index contributed by atoms with van der Waals surface area (Å²) in [5.41, 5.74) is -1.10. The zero-order valence-corrected chi connectivity index (χ0v) is 19.4. The van der Waals surface area contributed by atoms with Crippen molar-refractivity contribution in [3.8, 4) is 11.5 Å². The van der Waals surface area contributed by atoms with Crippen LogP contribution in [0, 0.1) is 0 Å². The molecule has 13 heteroatoms. The number of ether oxygens (including phenoxy) is 1. The van der Waals surface area contributed by atoms with Gasteiger partial charge in [-0.05, 0) is 48.0 Å². The first-order valence-corrected chi connectivity index (χ1v) is 11.1. The Morgan fingerprint density at radius 3 is 2.14 bits per heavy atom. The van der Waals surface area contributed by atoms with Crippen molar-refractivity contribution in [1.29, 1.82) is 0 Å². The summed E-state index contributed by atoms with van der Waals surface area (Å²) in [5.74, 6) is 0.0906. The van der Waals surface area contributed by atoms with Crippen LogP contribution in [0.2, 0.25) is 5.02 Å². The number of rotatable bonds is 6. The maximum atomic E-state index is 12.9. The van der Waals surface area contributed by atoms with E-state index in [2.05, 4.69) is 15.4 Å². The minimum atomic E-state index is -4.61. The maximum Gasteiger partial charge on any atom is 0.417 e. The molecule has 1 amide bonds. The molecule has 1 atom stereocenters. The summed E-state index contributed by atoms with van der Waals surface area (Å²) >= 11 is 5.99. The van der Waals surface area contributed by atoms with Gasteiger partial charge in [-0.3, -0.25) is 4.79 Å². The average Bonchev–Trinajstić information content (AvgIpc) is 3.32. The summed E-state index contributed by atoms with van der Waals surface area (Å²) < 4.78 is 82.2. The summed E-state index contributed by atoms with van der Waals surface area (Å²) in [4.78, 5) is 16.5. The molecule has 1 aliphatic rings. The molecule has 2 aromatic carbocycles. The second-order valence-electron chi connectivity index (χ2n) is 7.91. The highest BCUT2D eigenvalue weighted by Crippen LogP contribution is 2.35. The second-order valence-corrected chi connectivity index (χ2v) is 8.31. The lowest BCUT2D eigenvalue weighted by atomic mass is 10.1. The van der Waals surface area contributed by atoms with E-state index in [1.54, 1.807) is 24.3 Å². The standard InChI is InChI=1S/C24H17ClF6N4O2/c25-19-11-16(24(29,30)31)13-32-21(19)35-20(9-10-34-35)22(36)33-12-14-1-5-17(6-2-14)37-18-7-3-15(4-8-18)23(26,27)28/h1-8,10-11,13,20H,9,12H2,(H,33,36). The van der Waals surface area contributed by atoms with Gasteiger partial charge in [0, 0.05) is 25.4 Å². The summed E-state index contributed by atoms with van der Waals surface area (Å²) in [6.07, 6.45) is -6.79. The zero-order chi connectivity index (χ0) is 26.8. The van der Waals surface area contributed by atoms with Gasteiger partial charge in [-0.1, -0.05) is 23.7 Å². The molecule has 0 spiro atoms. The number of hydrazone groups is 1. The second kappa shape index (κ2) is 10.3. The SMILES string of the molecule is O=C(NCc1ccc(Oc2ccc(C(F)(F)F)cc2)cc1)C1CC=NN1c1ncc(C(F)(F)F)cc1Cl. The molecule has 0 radical (unpaired) electrons. The number of anilines is 1. The number of amides is 1. The molecule has 37 heavy (non-hydrogen) atoms. The van der Waals surface area contributed by atoms with Crippen LogP contribution < -0.4 is 15.1 Å². The number of nitrogens with one attached hydrogen (secondary N) is 1. The Kier molecular flexibility index (Phi) is 7.30. The van der Waals surface area contributed by atoms with Crippen molar-refractivity contribution in [2.45, 2.75) is 31.4 Å². The summed E-state index contributed by atoms with van der Waals surface area (Å²) in [6.45, 7) is 0.123. The lowest BCUT2D eigenvalue weighted by molar-refractivity contribution is -0.138. The van der Waals surface area contributed by atoms with Crippen molar-refractivity contribution in [3.63, 3.8) is 0 Å². The van der Waals surface area contributed by atoms with Crippen molar-refractivity contribution in [2.75, 3.05) is 5.01 Å². The topological polar surface area (TPSA) is 66.8 Å². The van der Waals surface area contributed by atoms with Gasteiger partial charge < -0.3 is 10.1 Å². The highest BCUT2D eigenvalue weighted by atomic mass is 35.5. The minimum Gasteiger partial charge on any atom is -0.457 e. The van der Waals surface area contributed by atoms with Crippen molar-refractivity contribution in [3.05, 3.63) is 82.5 Å². The molecule has 6 nitrogen and oxygen atoms in total. The minimum absolute atomic E-state index is 0.0756. The number of carbonyl (C=O) groups is 1. The number of nitrogens with zero attached hydrogens (tertiary/aromatic N) is 3. The number of alkyl halides is 6. The number of benzene rings is 2. The van der Waals surface area contributed by atoms with Gasteiger partial charge in [0.2, 0.25) is 5.91 Å². The predicted octanol–water partition coefficient (Wildman–Crippen LogP) is 6.45. The van der Waals surface area contributed by atoms with Crippen LogP contribution in [0.1, 0.15) is 23.1 Å². The Morgan fingerprint density at radius 1 is 0.973 bits per heavy atom. The molecular formula is C24H17ClF6N4O2. The molecule has 194 valence electrons. The lowest BCUT2D eigenvalue weighted by Crippen LogP contribution is -2.42. The number of hydrogen-bond donors (Lipinski definition) is 1. The van der Waals surface area contributed by atoms with Gasteiger partial charge in [-0.2, -0.15) is 31.4 Å². The molecule has 4 rings (SSSR count). The van der Waals surface area contributed by atoms with Crippen LogP contribution in [0.15, 0.2) is 65.9 Å². The van der Waals surface area contributed by atoms with Crippen molar-refractivity contribution in [1.82, 2.24) is 10.3 Å². The van der Waals surface area contributed by atoms with Gasteiger partial charge in [-0.25, -0.2) is 9.99 Å². The Bertz CT molecular complexity index is 1290. The Labute approximate surface area is 211 Å². The molecule has 3 aromatic rings. The van der Waals surface area contributed by atoms with Gasteiger partial charge in [0.05, 0.1) is 16.1 Å². The van der Waals surface area contributed by atoms with E-state index in [-0.39, 0.29) is 29.6 Å². The smallest absolute Gasteiger partial charge is 0.417 e. The van der Waals surface area contributed by atoms with Gasteiger partial charge >= 0.3 is 12.4 Å². The number of carbonyl (C=O) groups excluding carboxylic acids is 1. The molecule has 0 bridgehead atoms. The molecule has 0 fully saturated rings. The average molecular weight is 543 g/mol. The monoisotopic (exact) mass is 542 g/mol. The third kappa shape index (κ3) is 6.31. The van der Waals surface area contributed by atoms with Gasteiger partial charge in [0.1, 0.15) is 17.5 Å². The number of pyridine rings is 1. The molecule has 0 saturated carbocycles. The van der Waals surface area contributed by atoms with Crippen LogP contribution in [-0.2, 0) is 23.7 Å². The van der Waals surface area contributed by atoms with E-state index >= 15 is 0 Å². The van der Waals surface area contributed by atoms with E-state index in [1.807, 2.05) is 0 Å². The van der Waals surface area contributed by atoms with Crippen LogP contribution >= 0.6 is 11.6 Å². The van der Waals surface area contributed by atoms with Gasteiger partial charge in [-0.15, -0.1) is 0 Å². The van der Waals surface area contributed by atoms with Crippen LogP contribution in [0.3, 0.4) is 0 Å². The molecule has 1 N–H and O–H groups in total. The van der Waals surface area contributed by atoms with Crippen LogP contribution in [0.4, 0.5) is 32.2 Å². The highest BCUT2D eigenvalue weighted by Gasteiger charge is 2.35. The fourth-order valence-corrected chi connectivity index (χ4v) is 3.67. The number of aromatic nitrogens is 1. The summed E-state index contributed by atoms with van der Waals surface area (Å²) in [6, 6.07) is 10.6. The molecule has 0 aliphatic carbocycles. The number of hydrogen-bond acceptors (Lipinski definition) is 5. The Hall–Kier alpha value is -3.80. The van der Waals surface area contributed by atoms with Crippen molar-refractivity contribution in [2.24, 2.45) is 5.10 Å². The maximum absolute atomic E-state index is 12.9. The first-order chi connectivity index (χ1) is 17.4. The van der Waals surface area contributed by atoms with Crippen LogP contribution in [0.5, 0.6) is 11.5 Å².